The standard InChI is InChI=1S/C8H14F2/c1-5-3-7(9)6(2)8(10)4-5/h5-8H,3-4H2,1-2H3/t5?,6?,7-,8?/m0/s1. The molecule has 1 saturated carbocycles. The molecule has 10 heavy (non-hydrogen) atoms. The zero-order valence-corrected chi connectivity index (χ0v) is 6.48. The molecule has 0 bridgehead atoms. The molecule has 0 saturated heterocycles. The lowest BCUT2D eigenvalue weighted by atomic mass is 9.81. The first-order valence-corrected chi connectivity index (χ1v) is 3.89. The summed E-state index contributed by atoms with van der Waals surface area (Å²) in [6, 6.07) is 0. The largest absolute Gasteiger partial charge is 0.247 e. The second kappa shape index (κ2) is 2.85. The van der Waals surface area contributed by atoms with Gasteiger partial charge in [-0.3, -0.25) is 0 Å². The summed E-state index contributed by atoms with van der Waals surface area (Å²) in [6.45, 7) is 3.56. The van der Waals surface area contributed by atoms with Crippen molar-refractivity contribution in [2.24, 2.45) is 11.8 Å². The van der Waals surface area contributed by atoms with Gasteiger partial charge in [0.25, 0.3) is 0 Å². The summed E-state index contributed by atoms with van der Waals surface area (Å²) in [5, 5.41) is 0. The summed E-state index contributed by atoms with van der Waals surface area (Å²) in [7, 11) is 0. The van der Waals surface area contributed by atoms with Crippen LogP contribution in [0.15, 0.2) is 0 Å². The fourth-order valence-electron chi connectivity index (χ4n) is 1.52. The van der Waals surface area contributed by atoms with Crippen LogP contribution in [0.5, 0.6) is 0 Å². The number of alkyl halides is 2. The summed E-state index contributed by atoms with van der Waals surface area (Å²) in [6.07, 6.45) is -0.749. The van der Waals surface area contributed by atoms with Gasteiger partial charge in [0.1, 0.15) is 12.3 Å². The van der Waals surface area contributed by atoms with Crippen molar-refractivity contribution in [1.82, 2.24) is 0 Å². The summed E-state index contributed by atoms with van der Waals surface area (Å²) < 4.78 is 25.7. The maximum atomic E-state index is 12.8. The molecule has 0 radical (unpaired) electrons. The van der Waals surface area contributed by atoms with Crippen molar-refractivity contribution >= 4 is 0 Å². The highest BCUT2D eigenvalue weighted by atomic mass is 19.1. The summed E-state index contributed by atoms with van der Waals surface area (Å²) >= 11 is 0. The minimum atomic E-state index is -0.918. The van der Waals surface area contributed by atoms with Gasteiger partial charge in [0.15, 0.2) is 0 Å². The fourth-order valence-corrected chi connectivity index (χ4v) is 1.52. The normalized spacial score (nSPS) is 49.2. The van der Waals surface area contributed by atoms with Crippen molar-refractivity contribution in [1.29, 1.82) is 0 Å². The zero-order valence-electron chi connectivity index (χ0n) is 6.48. The Morgan fingerprint density at radius 2 is 1.40 bits per heavy atom. The molecule has 2 heteroatoms. The first-order valence-electron chi connectivity index (χ1n) is 3.89. The Balaban J connectivity index is 2.49. The van der Waals surface area contributed by atoms with Crippen LogP contribution in [0.3, 0.4) is 0 Å². The van der Waals surface area contributed by atoms with E-state index in [1.165, 1.54) is 0 Å². The molecule has 0 aromatic carbocycles. The lowest BCUT2D eigenvalue weighted by Crippen LogP contribution is -2.32. The van der Waals surface area contributed by atoms with Gasteiger partial charge in [-0.25, -0.2) is 8.78 Å². The van der Waals surface area contributed by atoms with Crippen LogP contribution in [0, 0.1) is 11.8 Å². The molecule has 1 aliphatic rings. The SMILES string of the molecule is CC1CC(F)C(C)[C@@H](F)C1. The average Bonchev–Trinajstić information content (AvgIpc) is 1.82. The van der Waals surface area contributed by atoms with Gasteiger partial charge in [-0.05, 0) is 18.8 Å². The Labute approximate surface area is 60.6 Å². The van der Waals surface area contributed by atoms with Gasteiger partial charge in [0, 0.05) is 5.92 Å². The van der Waals surface area contributed by atoms with Gasteiger partial charge in [-0.15, -0.1) is 0 Å². The van der Waals surface area contributed by atoms with E-state index in [0.717, 1.165) is 0 Å². The Kier molecular flexibility index (Phi) is 2.27. The molecule has 0 N–H and O–H groups in total. The van der Waals surface area contributed by atoms with Crippen LogP contribution in [-0.2, 0) is 0 Å². The van der Waals surface area contributed by atoms with Crippen LogP contribution in [0.2, 0.25) is 0 Å². The van der Waals surface area contributed by atoms with Crippen LogP contribution < -0.4 is 0 Å². The van der Waals surface area contributed by atoms with E-state index in [1.807, 2.05) is 6.92 Å². The highest BCUT2D eigenvalue weighted by molar-refractivity contribution is 4.82. The fraction of sp³-hybridized carbons (Fsp3) is 1.00. The van der Waals surface area contributed by atoms with Crippen molar-refractivity contribution in [3.8, 4) is 0 Å². The number of rotatable bonds is 0. The highest BCUT2D eigenvalue weighted by Crippen LogP contribution is 2.32. The van der Waals surface area contributed by atoms with E-state index in [9.17, 15) is 8.78 Å². The molecule has 4 atom stereocenters. The van der Waals surface area contributed by atoms with E-state index in [2.05, 4.69) is 0 Å². The van der Waals surface area contributed by atoms with Crippen molar-refractivity contribution in [2.75, 3.05) is 0 Å². The Hall–Kier alpha value is -0.140. The van der Waals surface area contributed by atoms with E-state index >= 15 is 0 Å². The number of hydrogen-bond donors (Lipinski definition) is 0. The predicted octanol–water partition coefficient (Wildman–Crippen LogP) is 2.73. The average molecular weight is 148 g/mol. The third-order valence-electron chi connectivity index (χ3n) is 2.40. The third kappa shape index (κ3) is 1.47. The second-order valence-electron chi connectivity index (χ2n) is 3.47. The minimum absolute atomic E-state index is 0.223. The molecular formula is C8H14F2. The molecule has 0 aromatic heterocycles. The van der Waals surface area contributed by atoms with E-state index in [0.29, 0.717) is 12.8 Å². The monoisotopic (exact) mass is 148 g/mol. The number of halogens is 2. The molecular weight excluding hydrogens is 134 g/mol. The lowest BCUT2D eigenvalue weighted by Gasteiger charge is -2.30. The Bertz CT molecular complexity index is 102. The molecule has 0 heterocycles. The van der Waals surface area contributed by atoms with Crippen LogP contribution in [0.1, 0.15) is 26.7 Å². The van der Waals surface area contributed by atoms with Gasteiger partial charge in [0.2, 0.25) is 0 Å². The first kappa shape index (κ1) is 7.96. The van der Waals surface area contributed by atoms with Crippen molar-refractivity contribution in [3.05, 3.63) is 0 Å². The molecule has 1 fully saturated rings. The van der Waals surface area contributed by atoms with Crippen LogP contribution in [0.25, 0.3) is 0 Å². The third-order valence-corrected chi connectivity index (χ3v) is 2.40. The molecule has 1 aliphatic carbocycles. The van der Waals surface area contributed by atoms with Gasteiger partial charge >= 0.3 is 0 Å². The molecule has 60 valence electrons. The molecule has 0 nitrogen and oxygen atoms in total. The number of hydrogen-bond acceptors (Lipinski definition) is 0. The smallest absolute Gasteiger partial charge is 0.106 e. The van der Waals surface area contributed by atoms with Gasteiger partial charge in [-0.2, -0.15) is 0 Å². The molecule has 0 amide bonds. The summed E-state index contributed by atoms with van der Waals surface area (Å²) in [4.78, 5) is 0. The van der Waals surface area contributed by atoms with Gasteiger partial charge < -0.3 is 0 Å². The molecule has 3 unspecified atom stereocenters. The van der Waals surface area contributed by atoms with Crippen LogP contribution in [0.4, 0.5) is 8.78 Å². The van der Waals surface area contributed by atoms with E-state index in [-0.39, 0.29) is 11.8 Å². The molecule has 1 rings (SSSR count). The second-order valence-corrected chi connectivity index (χ2v) is 3.47. The molecule has 0 aromatic rings. The minimum Gasteiger partial charge on any atom is -0.247 e. The van der Waals surface area contributed by atoms with Gasteiger partial charge in [-0.1, -0.05) is 13.8 Å². The summed E-state index contributed by atoms with van der Waals surface area (Å²) in [5.74, 6) is -0.155. The lowest BCUT2D eigenvalue weighted by molar-refractivity contribution is 0.0603. The van der Waals surface area contributed by atoms with Crippen LogP contribution in [-0.4, -0.2) is 12.3 Å². The topological polar surface area (TPSA) is 0 Å². The Morgan fingerprint density at radius 1 is 1.00 bits per heavy atom. The molecule has 0 aliphatic heterocycles. The van der Waals surface area contributed by atoms with Crippen molar-refractivity contribution in [2.45, 2.75) is 39.0 Å². The maximum absolute atomic E-state index is 12.8. The van der Waals surface area contributed by atoms with Crippen LogP contribution >= 0.6 is 0 Å². The zero-order chi connectivity index (χ0) is 7.72. The maximum Gasteiger partial charge on any atom is 0.106 e. The Morgan fingerprint density at radius 3 is 1.80 bits per heavy atom. The highest BCUT2D eigenvalue weighted by Gasteiger charge is 2.33. The predicted molar refractivity (Wildman–Crippen MR) is 37.4 cm³/mol. The van der Waals surface area contributed by atoms with E-state index in [4.69, 9.17) is 0 Å². The van der Waals surface area contributed by atoms with E-state index in [1.54, 1.807) is 6.92 Å². The van der Waals surface area contributed by atoms with Crippen molar-refractivity contribution < 1.29 is 8.78 Å². The van der Waals surface area contributed by atoms with Gasteiger partial charge in [0.05, 0.1) is 0 Å². The van der Waals surface area contributed by atoms with Crippen molar-refractivity contribution in [3.63, 3.8) is 0 Å². The first-order chi connectivity index (χ1) is 4.61. The molecule has 0 spiro atoms. The summed E-state index contributed by atoms with van der Waals surface area (Å²) in [5.41, 5.74) is 0. The quantitative estimate of drug-likeness (QED) is 0.495. The van der Waals surface area contributed by atoms with E-state index < -0.39 is 12.3 Å².